The van der Waals surface area contributed by atoms with Crippen LogP contribution in [0.2, 0.25) is 0 Å². The van der Waals surface area contributed by atoms with Crippen LogP contribution in [-0.4, -0.2) is 11.7 Å². The van der Waals surface area contributed by atoms with Gasteiger partial charge in [-0.25, -0.2) is 4.39 Å². The second-order valence-corrected chi connectivity index (χ2v) is 12.9. The summed E-state index contributed by atoms with van der Waals surface area (Å²) in [6.07, 6.45) is 4.99. The lowest BCUT2D eigenvalue weighted by molar-refractivity contribution is -0.0529. The molecule has 3 rings (SSSR count). The Morgan fingerprint density at radius 3 is 1.69 bits per heavy atom. The van der Waals surface area contributed by atoms with Gasteiger partial charge >= 0.3 is 6.61 Å². The van der Waals surface area contributed by atoms with Crippen molar-refractivity contribution in [3.63, 3.8) is 0 Å². The number of ether oxygens (including phenoxy) is 1. The third-order valence-corrected chi connectivity index (χ3v) is 7.47. The van der Waals surface area contributed by atoms with Crippen LogP contribution < -0.4 is 4.74 Å². The summed E-state index contributed by atoms with van der Waals surface area (Å²) < 4.78 is 41.2. The van der Waals surface area contributed by atoms with Gasteiger partial charge < -0.3 is 9.84 Å². The number of aromatic hydroxyl groups is 1. The summed E-state index contributed by atoms with van der Waals surface area (Å²) >= 11 is 0. The first-order valence-corrected chi connectivity index (χ1v) is 15.5. The van der Waals surface area contributed by atoms with Gasteiger partial charge in [-0.15, -0.1) is 0 Å². The number of alkyl halides is 2. The molecule has 1 aliphatic carbocycles. The molecule has 0 heterocycles. The Balaban J connectivity index is 0.000000316. The largest absolute Gasteiger partial charge is 0.508 e. The van der Waals surface area contributed by atoms with Crippen LogP contribution in [0, 0.1) is 23.6 Å². The van der Waals surface area contributed by atoms with Crippen LogP contribution in [-0.2, 0) is 0 Å². The molecule has 42 heavy (non-hydrogen) atoms. The van der Waals surface area contributed by atoms with E-state index >= 15 is 0 Å². The zero-order valence-electron chi connectivity index (χ0n) is 28.0. The molecule has 0 saturated carbocycles. The van der Waals surface area contributed by atoms with Gasteiger partial charge in [-0.2, -0.15) is 8.78 Å². The van der Waals surface area contributed by atoms with E-state index in [2.05, 4.69) is 80.1 Å². The number of hydrogen-bond donors (Lipinski definition) is 1. The van der Waals surface area contributed by atoms with Gasteiger partial charge in [0.1, 0.15) is 5.75 Å². The molecule has 236 valence electrons. The Morgan fingerprint density at radius 2 is 1.24 bits per heavy atom. The van der Waals surface area contributed by atoms with Gasteiger partial charge in [0.15, 0.2) is 11.6 Å². The van der Waals surface area contributed by atoms with Crippen molar-refractivity contribution in [2.24, 2.45) is 17.8 Å². The minimum atomic E-state index is -3.00. The van der Waals surface area contributed by atoms with E-state index in [0.717, 1.165) is 6.07 Å². The summed E-state index contributed by atoms with van der Waals surface area (Å²) in [7, 11) is 0. The zero-order valence-corrected chi connectivity index (χ0v) is 28.0. The Bertz CT molecular complexity index is 1170. The molecule has 2 nitrogen and oxygen atoms in total. The Kier molecular flexibility index (Phi) is 15.5. The number of halogens is 3. The summed E-state index contributed by atoms with van der Waals surface area (Å²) in [6.45, 7) is 23.2. The summed E-state index contributed by atoms with van der Waals surface area (Å²) in [5, 5.41) is 9.37. The number of allylic oxidation sites excluding steroid dienone is 4. The molecule has 5 heteroatoms. The van der Waals surface area contributed by atoms with Gasteiger partial charge in [-0.3, -0.25) is 0 Å². The van der Waals surface area contributed by atoms with E-state index in [1.165, 1.54) is 30.0 Å². The molecule has 1 N–H and O–H groups in total. The number of para-hydroxylation sites is 1. The van der Waals surface area contributed by atoms with E-state index < -0.39 is 12.4 Å². The van der Waals surface area contributed by atoms with Crippen molar-refractivity contribution >= 4 is 0 Å². The molecule has 0 fully saturated rings. The van der Waals surface area contributed by atoms with Crippen LogP contribution in [0.3, 0.4) is 0 Å². The predicted molar refractivity (Wildman–Crippen MR) is 172 cm³/mol. The fraction of sp³-hybridized carbons (Fsp3) is 0.568. The van der Waals surface area contributed by atoms with Crippen LogP contribution in [0.25, 0.3) is 0 Å². The second kappa shape index (κ2) is 17.4. The molecular formula is C37H55F3O2. The van der Waals surface area contributed by atoms with Gasteiger partial charge in [0.25, 0.3) is 0 Å². The van der Waals surface area contributed by atoms with Crippen LogP contribution in [0.4, 0.5) is 13.2 Å². The topological polar surface area (TPSA) is 29.5 Å². The predicted octanol–water partition coefficient (Wildman–Crippen LogP) is 12.2. The third-order valence-electron chi connectivity index (χ3n) is 7.47. The molecular weight excluding hydrogens is 533 g/mol. The lowest BCUT2D eigenvalue weighted by Gasteiger charge is -2.29. The fourth-order valence-corrected chi connectivity index (χ4v) is 5.45. The Labute approximate surface area is 254 Å². The molecule has 1 aliphatic rings. The third kappa shape index (κ3) is 11.2. The molecule has 0 saturated heterocycles. The monoisotopic (exact) mass is 588 g/mol. The van der Waals surface area contributed by atoms with Crippen LogP contribution in [0.15, 0.2) is 59.2 Å². The van der Waals surface area contributed by atoms with E-state index in [1.54, 1.807) is 42.7 Å². The summed E-state index contributed by atoms with van der Waals surface area (Å²) in [5.74, 6) is 2.28. The van der Waals surface area contributed by atoms with E-state index in [1.807, 2.05) is 12.1 Å². The minimum absolute atomic E-state index is 0.0561. The maximum absolute atomic E-state index is 13.1. The van der Waals surface area contributed by atoms with Gasteiger partial charge in [0, 0.05) is 0 Å². The van der Waals surface area contributed by atoms with E-state index in [-0.39, 0.29) is 11.7 Å². The number of benzene rings is 2. The van der Waals surface area contributed by atoms with E-state index in [4.69, 9.17) is 0 Å². The van der Waals surface area contributed by atoms with Crippen LogP contribution in [0.1, 0.15) is 130 Å². The van der Waals surface area contributed by atoms with E-state index in [9.17, 15) is 18.3 Å². The van der Waals surface area contributed by atoms with Gasteiger partial charge in [-0.05, 0) is 94.4 Å². The minimum Gasteiger partial charge on any atom is -0.508 e. The highest BCUT2D eigenvalue weighted by atomic mass is 19.3. The highest BCUT2D eigenvalue weighted by Crippen LogP contribution is 2.38. The highest BCUT2D eigenvalue weighted by Gasteiger charge is 2.22. The first-order chi connectivity index (χ1) is 19.5. The number of phenolic OH excluding ortho intramolecular Hbond substituents is 1. The highest BCUT2D eigenvalue weighted by molar-refractivity contribution is 5.42. The smallest absolute Gasteiger partial charge is 0.387 e. The second-order valence-electron chi connectivity index (χ2n) is 12.9. The number of hydrogen-bond acceptors (Lipinski definition) is 2. The van der Waals surface area contributed by atoms with Gasteiger partial charge in [0.2, 0.25) is 0 Å². The van der Waals surface area contributed by atoms with Crippen LogP contribution in [0.5, 0.6) is 11.5 Å². The standard InChI is InChI=1S/C15H26.C12H18O.C10H11F3O/c1-10(2)13-8-7-9-14(11(3)4)15(13)12(5)6;1-8(2)11-6-5-10(13)7-12(11)9(3)4;1-6(2)7-4-3-5-8(11)9(7)14-10(12)13/h8,10-12H,7,9H2,1-6H3;5-9,13H,1-4H3;3-6,10H,1-2H3. The maximum Gasteiger partial charge on any atom is 0.387 e. The normalized spacial score (nSPS) is 13.6. The van der Waals surface area contributed by atoms with Gasteiger partial charge in [0.05, 0.1) is 0 Å². The van der Waals surface area contributed by atoms with Gasteiger partial charge in [-0.1, -0.05) is 113 Å². The van der Waals surface area contributed by atoms with Crippen molar-refractivity contribution < 1.29 is 23.0 Å². The molecule has 2 aromatic rings. The average molecular weight is 589 g/mol. The molecule has 0 atom stereocenters. The SMILES string of the molecule is CC(C)C1=CCCC(C(C)C)=C1C(C)C.CC(C)c1ccc(O)cc1C(C)C.CC(C)c1cccc(F)c1OC(F)F. The summed E-state index contributed by atoms with van der Waals surface area (Å²) in [4.78, 5) is 0. The van der Waals surface area contributed by atoms with Crippen molar-refractivity contribution in [3.8, 4) is 11.5 Å². The first kappa shape index (κ1) is 37.3. The summed E-state index contributed by atoms with van der Waals surface area (Å²) in [5.41, 5.74) is 8.02. The lowest BCUT2D eigenvalue weighted by atomic mass is 9.76. The average Bonchev–Trinajstić information content (AvgIpc) is 2.89. The molecule has 0 aromatic heterocycles. The molecule has 0 amide bonds. The maximum atomic E-state index is 13.1. The molecule has 0 bridgehead atoms. The Morgan fingerprint density at radius 1 is 0.667 bits per heavy atom. The molecule has 2 aromatic carbocycles. The first-order valence-electron chi connectivity index (χ1n) is 15.5. The van der Waals surface area contributed by atoms with Crippen molar-refractivity contribution in [2.45, 2.75) is 120 Å². The van der Waals surface area contributed by atoms with Crippen molar-refractivity contribution in [2.75, 3.05) is 0 Å². The Hall–Kier alpha value is -2.69. The van der Waals surface area contributed by atoms with Crippen molar-refractivity contribution in [1.29, 1.82) is 0 Å². The fourth-order valence-electron chi connectivity index (χ4n) is 5.45. The molecule has 0 spiro atoms. The zero-order chi connectivity index (χ0) is 32.3. The molecule has 0 aliphatic heterocycles. The molecule has 0 unspecified atom stereocenters. The number of rotatable bonds is 8. The molecule has 0 radical (unpaired) electrons. The summed E-state index contributed by atoms with van der Waals surface area (Å²) in [6, 6.07) is 9.81. The van der Waals surface area contributed by atoms with E-state index in [0.29, 0.717) is 40.9 Å². The van der Waals surface area contributed by atoms with Crippen molar-refractivity contribution in [3.05, 3.63) is 81.7 Å². The quantitative estimate of drug-likeness (QED) is 0.332. The van der Waals surface area contributed by atoms with Crippen LogP contribution >= 0.6 is 0 Å². The lowest BCUT2D eigenvalue weighted by Crippen LogP contribution is -2.14. The number of phenols is 1. The van der Waals surface area contributed by atoms with Crippen molar-refractivity contribution in [1.82, 2.24) is 0 Å².